The third-order valence-corrected chi connectivity index (χ3v) is 2.22. The number of hydrogen-bond donors (Lipinski definition) is 1. The lowest BCUT2D eigenvalue weighted by Gasteiger charge is -1.98. The van der Waals surface area contributed by atoms with Gasteiger partial charge in [0, 0.05) is 10.9 Å². The van der Waals surface area contributed by atoms with Crippen molar-refractivity contribution in [3.63, 3.8) is 0 Å². The van der Waals surface area contributed by atoms with Crippen molar-refractivity contribution in [1.82, 2.24) is 4.98 Å². The van der Waals surface area contributed by atoms with Crippen molar-refractivity contribution < 1.29 is 14.3 Å². The fourth-order valence-corrected chi connectivity index (χ4v) is 1.50. The number of fused-ring (bicyclic) bond motifs is 1. The van der Waals surface area contributed by atoms with Crippen LogP contribution < -0.4 is 5.11 Å². The van der Waals surface area contributed by atoms with Gasteiger partial charge in [0.1, 0.15) is 5.82 Å². The van der Waals surface area contributed by atoms with Crippen LogP contribution in [0.4, 0.5) is 4.39 Å². The molecule has 0 unspecified atom stereocenters. The molecule has 0 saturated carbocycles. The number of carbonyl (C=O) groups is 1. The molecule has 1 aromatic heterocycles. The summed E-state index contributed by atoms with van der Waals surface area (Å²) in [6, 6.07) is 4.08. The molecule has 0 radical (unpaired) electrons. The first kappa shape index (κ1) is 8.74. The van der Waals surface area contributed by atoms with Crippen molar-refractivity contribution in [2.75, 3.05) is 0 Å². The number of carboxylic acid groups (broad SMARTS) is 1. The molecule has 0 aliphatic heterocycles. The molecule has 2 aromatic rings. The minimum atomic E-state index is -1.28. The quantitative estimate of drug-likeness (QED) is 0.732. The van der Waals surface area contributed by atoms with Crippen LogP contribution in [0.5, 0.6) is 0 Å². The summed E-state index contributed by atoms with van der Waals surface area (Å²) < 4.78 is 12.9. The first-order chi connectivity index (χ1) is 6.59. The van der Waals surface area contributed by atoms with Crippen LogP contribution >= 0.6 is 0 Å². The van der Waals surface area contributed by atoms with E-state index in [-0.39, 0.29) is 11.5 Å². The van der Waals surface area contributed by atoms with Crippen molar-refractivity contribution in [3.05, 3.63) is 35.3 Å². The Kier molecular flexibility index (Phi) is 1.77. The number of carboxylic acids is 1. The number of aromatic amines is 1. The van der Waals surface area contributed by atoms with E-state index in [0.29, 0.717) is 16.5 Å². The van der Waals surface area contributed by atoms with Gasteiger partial charge in [-0.1, -0.05) is 0 Å². The van der Waals surface area contributed by atoms with Crippen molar-refractivity contribution in [2.24, 2.45) is 0 Å². The van der Waals surface area contributed by atoms with E-state index < -0.39 is 5.97 Å². The monoisotopic (exact) mass is 192 g/mol. The average Bonchev–Trinajstić information content (AvgIpc) is 2.44. The average molecular weight is 192 g/mol. The molecule has 0 aliphatic carbocycles. The zero-order valence-electron chi connectivity index (χ0n) is 7.43. The van der Waals surface area contributed by atoms with Crippen LogP contribution in [0.1, 0.15) is 16.1 Å². The molecule has 0 amide bonds. The SMILES string of the molecule is Cc1c(C(=O)[O-])[nH]c2ccc(F)cc12. The summed E-state index contributed by atoms with van der Waals surface area (Å²) in [5.41, 5.74) is 1.10. The van der Waals surface area contributed by atoms with Crippen molar-refractivity contribution in [2.45, 2.75) is 6.92 Å². The van der Waals surface area contributed by atoms with E-state index in [1.165, 1.54) is 18.2 Å². The van der Waals surface area contributed by atoms with Crippen molar-refractivity contribution in [3.8, 4) is 0 Å². The summed E-state index contributed by atoms with van der Waals surface area (Å²) in [5.74, 6) is -1.66. The Balaban J connectivity index is 2.80. The molecule has 1 N–H and O–H groups in total. The maximum Gasteiger partial charge on any atom is 0.123 e. The zero-order valence-corrected chi connectivity index (χ0v) is 7.43. The topological polar surface area (TPSA) is 55.9 Å². The number of hydrogen-bond acceptors (Lipinski definition) is 2. The second-order valence-electron chi connectivity index (χ2n) is 3.10. The van der Waals surface area contributed by atoms with Gasteiger partial charge in [0.15, 0.2) is 0 Å². The number of halogens is 1. The summed E-state index contributed by atoms with van der Waals surface area (Å²) in [4.78, 5) is 13.3. The van der Waals surface area contributed by atoms with E-state index >= 15 is 0 Å². The standard InChI is InChI=1S/C10H8FNO2/c1-5-7-4-6(11)2-3-8(7)12-9(5)10(13)14/h2-4,12H,1H3,(H,13,14)/p-1. The number of nitrogens with one attached hydrogen (secondary N) is 1. The van der Waals surface area contributed by atoms with Gasteiger partial charge in [-0.3, -0.25) is 0 Å². The fourth-order valence-electron chi connectivity index (χ4n) is 1.50. The summed E-state index contributed by atoms with van der Waals surface area (Å²) >= 11 is 0. The number of benzene rings is 1. The van der Waals surface area contributed by atoms with Crippen LogP contribution in [-0.2, 0) is 0 Å². The van der Waals surface area contributed by atoms with Crippen molar-refractivity contribution >= 4 is 16.9 Å². The van der Waals surface area contributed by atoms with Gasteiger partial charge in [-0.05, 0) is 30.7 Å². The smallest absolute Gasteiger partial charge is 0.123 e. The van der Waals surface area contributed by atoms with Crippen LogP contribution in [0, 0.1) is 12.7 Å². The van der Waals surface area contributed by atoms with Gasteiger partial charge in [0.2, 0.25) is 0 Å². The molecule has 0 spiro atoms. The van der Waals surface area contributed by atoms with E-state index in [9.17, 15) is 14.3 Å². The van der Waals surface area contributed by atoms with Crippen molar-refractivity contribution in [1.29, 1.82) is 0 Å². The van der Waals surface area contributed by atoms with Gasteiger partial charge in [0.05, 0.1) is 11.7 Å². The molecule has 0 fully saturated rings. The number of aromatic nitrogens is 1. The van der Waals surface area contributed by atoms with E-state index in [1.54, 1.807) is 6.92 Å². The largest absolute Gasteiger partial charge is 0.543 e. The molecule has 0 aliphatic rings. The highest BCUT2D eigenvalue weighted by molar-refractivity contribution is 5.96. The predicted octanol–water partition coefficient (Wildman–Crippen LogP) is 0.979. The molecule has 1 aromatic carbocycles. The molecule has 1 heterocycles. The lowest BCUT2D eigenvalue weighted by molar-refractivity contribution is -0.255. The summed E-state index contributed by atoms with van der Waals surface area (Å²) in [7, 11) is 0. The van der Waals surface area contributed by atoms with E-state index in [0.717, 1.165) is 0 Å². The van der Waals surface area contributed by atoms with Crippen LogP contribution in [-0.4, -0.2) is 11.0 Å². The zero-order chi connectivity index (χ0) is 10.3. The van der Waals surface area contributed by atoms with Crippen LogP contribution in [0.3, 0.4) is 0 Å². The Bertz CT molecular complexity index is 516. The highest BCUT2D eigenvalue weighted by Crippen LogP contribution is 2.21. The Morgan fingerprint density at radius 2 is 2.21 bits per heavy atom. The fraction of sp³-hybridized carbons (Fsp3) is 0.100. The van der Waals surface area contributed by atoms with Crippen LogP contribution in [0.25, 0.3) is 10.9 Å². The first-order valence-corrected chi connectivity index (χ1v) is 4.09. The summed E-state index contributed by atoms with van der Waals surface area (Å²) in [5, 5.41) is 11.2. The number of rotatable bonds is 1. The molecule has 0 atom stereocenters. The van der Waals surface area contributed by atoms with Crippen LogP contribution in [0.15, 0.2) is 18.2 Å². The molecule has 0 saturated heterocycles. The number of H-pyrrole nitrogens is 1. The van der Waals surface area contributed by atoms with E-state index in [2.05, 4.69) is 4.98 Å². The van der Waals surface area contributed by atoms with E-state index in [4.69, 9.17) is 0 Å². The van der Waals surface area contributed by atoms with Gasteiger partial charge >= 0.3 is 0 Å². The maximum atomic E-state index is 12.9. The lowest BCUT2D eigenvalue weighted by Crippen LogP contribution is -2.23. The summed E-state index contributed by atoms with van der Waals surface area (Å²) in [6.45, 7) is 1.61. The maximum absolute atomic E-state index is 12.9. The normalized spacial score (nSPS) is 10.7. The molecule has 0 bridgehead atoms. The second kappa shape index (κ2) is 2.83. The number of aryl methyl sites for hydroxylation is 1. The van der Waals surface area contributed by atoms with Gasteiger partial charge in [-0.2, -0.15) is 0 Å². The van der Waals surface area contributed by atoms with Crippen LogP contribution in [0.2, 0.25) is 0 Å². The predicted molar refractivity (Wildman–Crippen MR) is 47.3 cm³/mol. The molecular formula is C10H7FNO2-. The molecule has 72 valence electrons. The third-order valence-electron chi connectivity index (χ3n) is 2.22. The molecular weight excluding hydrogens is 185 g/mol. The first-order valence-electron chi connectivity index (χ1n) is 4.09. The summed E-state index contributed by atoms with van der Waals surface area (Å²) in [6.07, 6.45) is 0. The van der Waals surface area contributed by atoms with E-state index in [1.807, 2.05) is 0 Å². The number of aromatic carboxylic acids is 1. The second-order valence-corrected chi connectivity index (χ2v) is 3.10. The molecule has 3 nitrogen and oxygen atoms in total. The minimum absolute atomic E-state index is 0.00519. The Labute approximate surface area is 79.2 Å². The van der Waals surface area contributed by atoms with Gasteiger partial charge in [0.25, 0.3) is 0 Å². The Hall–Kier alpha value is -1.84. The molecule has 2 rings (SSSR count). The van der Waals surface area contributed by atoms with Gasteiger partial charge < -0.3 is 14.9 Å². The lowest BCUT2D eigenvalue weighted by atomic mass is 10.1. The molecule has 14 heavy (non-hydrogen) atoms. The third kappa shape index (κ3) is 1.16. The highest BCUT2D eigenvalue weighted by atomic mass is 19.1. The minimum Gasteiger partial charge on any atom is -0.543 e. The van der Waals surface area contributed by atoms with Gasteiger partial charge in [-0.15, -0.1) is 0 Å². The Morgan fingerprint density at radius 3 is 2.86 bits per heavy atom. The Morgan fingerprint density at radius 1 is 1.50 bits per heavy atom. The number of carbonyl (C=O) groups excluding carboxylic acids is 1. The molecule has 4 heteroatoms. The highest BCUT2D eigenvalue weighted by Gasteiger charge is 2.08. The van der Waals surface area contributed by atoms with Gasteiger partial charge in [-0.25, -0.2) is 4.39 Å².